The zero-order valence-electron chi connectivity index (χ0n) is 14.7. The van der Waals surface area contributed by atoms with Crippen LogP contribution in [-0.2, 0) is 10.0 Å². The van der Waals surface area contributed by atoms with Crippen molar-refractivity contribution in [3.63, 3.8) is 0 Å². The van der Waals surface area contributed by atoms with Crippen molar-refractivity contribution in [2.45, 2.75) is 0 Å². The first-order valence-electron chi connectivity index (χ1n) is 8.26. The van der Waals surface area contributed by atoms with Gasteiger partial charge in [-0.15, -0.1) is 0 Å². The smallest absolute Gasteiger partial charge is 0.304 e. The van der Waals surface area contributed by atoms with E-state index in [1.54, 1.807) is 18.2 Å². The second-order valence-corrected chi connectivity index (χ2v) is 8.48. The van der Waals surface area contributed by atoms with Crippen molar-refractivity contribution in [2.24, 2.45) is 0 Å². The molecule has 0 amide bonds. The number of nitrogens with one attached hydrogen (secondary N) is 3. The molecule has 7 nitrogen and oxygen atoms in total. The van der Waals surface area contributed by atoms with E-state index in [2.05, 4.69) is 19.7 Å². The number of pyridine rings is 1. The summed E-state index contributed by atoms with van der Waals surface area (Å²) in [7, 11) is -3.30. The number of H-pyrrole nitrogens is 2. The number of anilines is 1. The molecule has 0 atom stereocenters. The van der Waals surface area contributed by atoms with E-state index in [-0.39, 0.29) is 5.69 Å². The highest BCUT2D eigenvalue weighted by Gasteiger charge is 2.10. The summed E-state index contributed by atoms with van der Waals surface area (Å²) < 4.78 is 25.0. The summed E-state index contributed by atoms with van der Waals surface area (Å²) in [5, 5.41) is 0.437. The van der Waals surface area contributed by atoms with Crippen molar-refractivity contribution in [3.05, 3.63) is 70.1 Å². The van der Waals surface area contributed by atoms with Gasteiger partial charge in [0.2, 0.25) is 10.0 Å². The summed E-state index contributed by atoms with van der Waals surface area (Å²) in [5.74, 6) is 0. The number of hydrogen-bond acceptors (Lipinski definition) is 4. The fourth-order valence-electron chi connectivity index (χ4n) is 2.91. The van der Waals surface area contributed by atoms with Gasteiger partial charge < -0.3 is 4.98 Å². The van der Waals surface area contributed by atoms with Crippen LogP contribution >= 0.6 is 11.6 Å². The van der Waals surface area contributed by atoms with E-state index >= 15 is 0 Å². The standard InChI is InChI=1S/C19H15ClN4O3S/c1-28(26,27)24-14-8-6-12(7-9-14)11-2-4-13(5-3-11)17-15(20)10-16-18(22-17)23-19(25)21-16/h2-10,24H,1H3,(H2,21,22,23,25). The number of fused-ring (bicyclic) bond motifs is 1. The van der Waals surface area contributed by atoms with Gasteiger partial charge in [0.15, 0.2) is 5.65 Å². The van der Waals surface area contributed by atoms with Crippen molar-refractivity contribution in [3.8, 4) is 22.4 Å². The zero-order valence-corrected chi connectivity index (χ0v) is 16.2. The second kappa shape index (κ2) is 6.81. The molecule has 9 heteroatoms. The zero-order chi connectivity index (χ0) is 19.9. The number of nitrogens with zero attached hydrogens (tertiary/aromatic N) is 1. The van der Waals surface area contributed by atoms with Crippen molar-refractivity contribution in [1.82, 2.24) is 15.0 Å². The van der Waals surface area contributed by atoms with Gasteiger partial charge in [0.05, 0.1) is 22.5 Å². The first-order chi connectivity index (χ1) is 13.3. The second-order valence-electron chi connectivity index (χ2n) is 6.32. The molecule has 0 spiro atoms. The van der Waals surface area contributed by atoms with Crippen molar-refractivity contribution in [2.75, 3.05) is 11.0 Å². The first-order valence-corrected chi connectivity index (χ1v) is 10.5. The number of sulfonamides is 1. The number of aromatic amines is 2. The van der Waals surface area contributed by atoms with Gasteiger partial charge in [-0.25, -0.2) is 18.2 Å². The van der Waals surface area contributed by atoms with Gasteiger partial charge in [0.1, 0.15) is 0 Å². The van der Waals surface area contributed by atoms with Gasteiger partial charge in [0, 0.05) is 11.3 Å². The van der Waals surface area contributed by atoms with E-state index in [9.17, 15) is 13.2 Å². The Morgan fingerprint density at radius 3 is 2.11 bits per heavy atom. The Morgan fingerprint density at radius 1 is 0.929 bits per heavy atom. The van der Waals surface area contributed by atoms with Crippen LogP contribution in [0.25, 0.3) is 33.5 Å². The molecule has 0 bridgehead atoms. The lowest BCUT2D eigenvalue weighted by molar-refractivity contribution is 0.607. The molecule has 0 aliphatic heterocycles. The highest BCUT2D eigenvalue weighted by molar-refractivity contribution is 7.92. The van der Waals surface area contributed by atoms with Gasteiger partial charge in [0.25, 0.3) is 0 Å². The molecule has 0 aliphatic rings. The van der Waals surface area contributed by atoms with Crippen LogP contribution in [0.15, 0.2) is 59.4 Å². The van der Waals surface area contributed by atoms with E-state index in [0.717, 1.165) is 22.9 Å². The summed E-state index contributed by atoms with van der Waals surface area (Å²) in [5.41, 5.74) is 4.46. The van der Waals surface area contributed by atoms with Gasteiger partial charge in [-0.05, 0) is 29.3 Å². The molecule has 0 unspecified atom stereocenters. The van der Waals surface area contributed by atoms with E-state index in [4.69, 9.17) is 11.6 Å². The van der Waals surface area contributed by atoms with Crippen molar-refractivity contribution < 1.29 is 8.42 Å². The molecular formula is C19H15ClN4O3S. The molecule has 3 N–H and O–H groups in total. The number of imidazole rings is 1. The minimum atomic E-state index is -3.30. The predicted molar refractivity (Wildman–Crippen MR) is 111 cm³/mol. The fourth-order valence-corrected chi connectivity index (χ4v) is 3.73. The highest BCUT2D eigenvalue weighted by Crippen LogP contribution is 2.30. The Labute approximate surface area is 165 Å². The number of rotatable bonds is 4. The van der Waals surface area contributed by atoms with Crippen LogP contribution in [0.1, 0.15) is 0 Å². The molecule has 0 aliphatic carbocycles. The molecule has 2 heterocycles. The number of aromatic nitrogens is 3. The SMILES string of the molecule is CS(=O)(=O)Nc1ccc(-c2ccc(-c3nc4[nH]c(=O)[nH]c4cc3Cl)cc2)cc1. The van der Waals surface area contributed by atoms with Crippen molar-refractivity contribution >= 4 is 38.5 Å². The molecule has 2 aromatic carbocycles. The summed E-state index contributed by atoms with van der Waals surface area (Å²) in [4.78, 5) is 21.1. The first kappa shape index (κ1) is 18.3. The molecule has 0 radical (unpaired) electrons. The lowest BCUT2D eigenvalue weighted by Crippen LogP contribution is -2.09. The van der Waals surface area contributed by atoms with Crippen LogP contribution < -0.4 is 10.4 Å². The van der Waals surface area contributed by atoms with Crippen LogP contribution in [0.2, 0.25) is 5.02 Å². The summed E-state index contributed by atoms with van der Waals surface area (Å²) in [6.07, 6.45) is 1.11. The Kier molecular flexibility index (Phi) is 4.44. The lowest BCUT2D eigenvalue weighted by Gasteiger charge is -2.08. The summed E-state index contributed by atoms with van der Waals surface area (Å²) in [6, 6.07) is 16.4. The molecule has 0 fully saturated rings. The van der Waals surface area contributed by atoms with E-state index in [0.29, 0.717) is 27.6 Å². The van der Waals surface area contributed by atoms with Crippen LogP contribution in [0.5, 0.6) is 0 Å². The monoisotopic (exact) mass is 414 g/mol. The van der Waals surface area contributed by atoms with Crippen LogP contribution in [-0.4, -0.2) is 29.6 Å². The van der Waals surface area contributed by atoms with E-state index in [1.165, 1.54) is 0 Å². The van der Waals surface area contributed by atoms with Crippen LogP contribution in [0.3, 0.4) is 0 Å². The Balaban J connectivity index is 1.64. The topological polar surface area (TPSA) is 108 Å². The molecule has 142 valence electrons. The van der Waals surface area contributed by atoms with Crippen LogP contribution in [0.4, 0.5) is 5.69 Å². The third-order valence-electron chi connectivity index (χ3n) is 4.14. The van der Waals surface area contributed by atoms with Gasteiger partial charge in [-0.1, -0.05) is 48.0 Å². The third-order valence-corrected chi connectivity index (χ3v) is 5.03. The molecule has 0 saturated heterocycles. The number of halogens is 1. The minimum absolute atomic E-state index is 0.333. The maximum Gasteiger partial charge on any atom is 0.325 e. The Morgan fingerprint density at radius 2 is 1.50 bits per heavy atom. The highest BCUT2D eigenvalue weighted by atomic mass is 35.5. The molecule has 4 aromatic rings. The molecule has 28 heavy (non-hydrogen) atoms. The molecule has 4 rings (SSSR count). The summed E-state index contributed by atoms with van der Waals surface area (Å²) >= 11 is 6.32. The van der Waals surface area contributed by atoms with Crippen molar-refractivity contribution in [1.29, 1.82) is 0 Å². The maximum absolute atomic E-state index is 11.4. The minimum Gasteiger partial charge on any atom is -0.304 e. The average molecular weight is 415 g/mol. The average Bonchev–Trinajstić information content (AvgIpc) is 2.99. The normalized spacial score (nSPS) is 11.6. The Bertz CT molecular complexity index is 1320. The fraction of sp³-hybridized carbons (Fsp3) is 0.0526. The van der Waals surface area contributed by atoms with E-state index < -0.39 is 10.0 Å². The van der Waals surface area contributed by atoms with Gasteiger partial charge in [-0.3, -0.25) is 9.71 Å². The van der Waals surface area contributed by atoms with Crippen LogP contribution in [0, 0.1) is 0 Å². The maximum atomic E-state index is 11.4. The predicted octanol–water partition coefficient (Wildman–Crippen LogP) is 3.61. The lowest BCUT2D eigenvalue weighted by atomic mass is 10.0. The summed E-state index contributed by atoms with van der Waals surface area (Å²) in [6.45, 7) is 0. The van der Waals surface area contributed by atoms with Gasteiger partial charge >= 0.3 is 5.69 Å². The molecular weight excluding hydrogens is 400 g/mol. The molecule has 2 aromatic heterocycles. The van der Waals surface area contributed by atoms with E-state index in [1.807, 2.05) is 36.4 Å². The Hall–Kier alpha value is -3.10. The van der Waals surface area contributed by atoms with Gasteiger partial charge in [-0.2, -0.15) is 0 Å². The third kappa shape index (κ3) is 3.78. The number of hydrogen-bond donors (Lipinski definition) is 3. The molecule has 0 saturated carbocycles. The quantitative estimate of drug-likeness (QED) is 0.474. The largest absolute Gasteiger partial charge is 0.325 e. The number of benzene rings is 2.